The first kappa shape index (κ1) is 11.4. The molecule has 2 aromatic rings. The first-order valence-electron chi connectivity index (χ1n) is 6.10. The molecule has 0 aliphatic heterocycles. The Hall–Kier alpha value is -1.72. The van der Waals surface area contributed by atoms with E-state index in [1.165, 1.54) is 11.1 Å². The van der Waals surface area contributed by atoms with Crippen molar-refractivity contribution in [2.75, 3.05) is 0 Å². The molecule has 94 valence electrons. The van der Waals surface area contributed by atoms with E-state index in [1.54, 1.807) is 0 Å². The van der Waals surface area contributed by atoms with Crippen molar-refractivity contribution >= 4 is 0 Å². The second-order valence-electron chi connectivity index (χ2n) is 4.50. The van der Waals surface area contributed by atoms with Gasteiger partial charge in [-0.15, -0.1) is 0 Å². The summed E-state index contributed by atoms with van der Waals surface area (Å²) in [5.41, 5.74) is 2.69. The minimum atomic E-state index is 0.154. The summed E-state index contributed by atoms with van der Waals surface area (Å²) in [5.74, 6) is 6.38. The van der Waals surface area contributed by atoms with Gasteiger partial charge in [0, 0.05) is 5.92 Å². The maximum Gasteiger partial charge on any atom is 0.254 e. The molecule has 1 aromatic carbocycles. The van der Waals surface area contributed by atoms with Crippen molar-refractivity contribution in [3.8, 4) is 0 Å². The fraction of sp³-hybridized carbons (Fsp3) is 0.385. The van der Waals surface area contributed by atoms with Crippen molar-refractivity contribution in [2.45, 2.75) is 31.8 Å². The predicted octanol–water partition coefficient (Wildman–Crippen LogP) is 1.93. The Kier molecular flexibility index (Phi) is 3.08. The van der Waals surface area contributed by atoms with Gasteiger partial charge < -0.3 is 4.52 Å². The van der Waals surface area contributed by atoms with Gasteiger partial charge in [0.05, 0.1) is 0 Å². The van der Waals surface area contributed by atoms with Crippen LogP contribution in [-0.4, -0.2) is 10.1 Å². The van der Waals surface area contributed by atoms with Gasteiger partial charge in [0.25, 0.3) is 5.89 Å². The predicted molar refractivity (Wildman–Crippen MR) is 64.5 cm³/mol. The van der Waals surface area contributed by atoms with Gasteiger partial charge in [0.1, 0.15) is 6.61 Å². The van der Waals surface area contributed by atoms with Crippen LogP contribution in [0.3, 0.4) is 0 Å². The number of hydrogen-bond acceptors (Lipinski definition) is 5. The lowest BCUT2D eigenvalue weighted by atomic mass is 9.82. The highest BCUT2D eigenvalue weighted by atomic mass is 16.6. The average Bonchev–Trinajstić information content (AvgIpc) is 2.87. The summed E-state index contributed by atoms with van der Waals surface area (Å²) in [6.45, 7) is 0.154. The normalized spacial score (nSPS) is 18.6. The van der Waals surface area contributed by atoms with Crippen molar-refractivity contribution in [3.63, 3.8) is 0 Å². The second kappa shape index (κ2) is 4.88. The van der Waals surface area contributed by atoms with Crippen LogP contribution in [0.5, 0.6) is 0 Å². The smallest absolute Gasteiger partial charge is 0.254 e. The van der Waals surface area contributed by atoms with Crippen molar-refractivity contribution in [1.82, 2.24) is 10.1 Å². The van der Waals surface area contributed by atoms with E-state index < -0.39 is 0 Å². The molecule has 0 saturated carbocycles. The summed E-state index contributed by atoms with van der Waals surface area (Å²) >= 11 is 0. The maximum atomic E-state index is 5.11. The lowest BCUT2D eigenvalue weighted by Crippen LogP contribution is -2.12. The van der Waals surface area contributed by atoms with E-state index in [-0.39, 0.29) is 12.5 Å². The third-order valence-corrected chi connectivity index (χ3v) is 3.37. The Balaban J connectivity index is 1.92. The third kappa shape index (κ3) is 2.02. The molecule has 0 bridgehead atoms. The number of aromatic nitrogens is 2. The molecule has 3 rings (SSSR count). The van der Waals surface area contributed by atoms with Gasteiger partial charge >= 0.3 is 0 Å². The molecule has 0 fully saturated rings. The second-order valence-corrected chi connectivity index (χ2v) is 4.50. The van der Waals surface area contributed by atoms with Crippen molar-refractivity contribution < 1.29 is 9.36 Å². The molecule has 2 N–H and O–H groups in total. The monoisotopic (exact) mass is 245 g/mol. The number of nitrogens with zero attached hydrogens (tertiary/aromatic N) is 2. The molecule has 1 heterocycles. The van der Waals surface area contributed by atoms with Gasteiger partial charge in [-0.3, -0.25) is 4.84 Å². The van der Waals surface area contributed by atoms with E-state index in [2.05, 4.69) is 39.2 Å². The Bertz CT molecular complexity index is 539. The molecular formula is C13H15N3O2. The average molecular weight is 245 g/mol. The Morgan fingerprint density at radius 1 is 1.39 bits per heavy atom. The molecule has 0 amide bonds. The molecular weight excluding hydrogens is 230 g/mol. The molecule has 0 saturated heterocycles. The van der Waals surface area contributed by atoms with Crippen LogP contribution in [0.25, 0.3) is 0 Å². The lowest BCUT2D eigenvalue weighted by Gasteiger charge is -2.22. The summed E-state index contributed by atoms with van der Waals surface area (Å²) in [5, 5.41) is 4.04. The minimum Gasteiger partial charge on any atom is -0.337 e. The van der Waals surface area contributed by atoms with Gasteiger partial charge in [-0.1, -0.05) is 29.4 Å². The van der Waals surface area contributed by atoms with E-state index in [1.807, 2.05) is 0 Å². The van der Waals surface area contributed by atoms with Crippen molar-refractivity contribution in [2.24, 2.45) is 5.90 Å². The summed E-state index contributed by atoms with van der Waals surface area (Å²) in [7, 11) is 0. The van der Waals surface area contributed by atoms with Crippen LogP contribution in [0.15, 0.2) is 28.8 Å². The zero-order valence-electron chi connectivity index (χ0n) is 10.0. The van der Waals surface area contributed by atoms with E-state index in [0.717, 1.165) is 25.1 Å². The highest BCUT2D eigenvalue weighted by Gasteiger charge is 2.25. The Morgan fingerprint density at radius 2 is 2.28 bits per heavy atom. The molecule has 18 heavy (non-hydrogen) atoms. The summed E-state index contributed by atoms with van der Waals surface area (Å²) < 4.78 is 5.11. The molecule has 1 aromatic heterocycles. The van der Waals surface area contributed by atoms with Gasteiger partial charge in [0.2, 0.25) is 0 Å². The summed E-state index contributed by atoms with van der Waals surface area (Å²) in [4.78, 5) is 8.84. The van der Waals surface area contributed by atoms with Crippen LogP contribution in [0.4, 0.5) is 0 Å². The number of hydrogen-bond donors (Lipinski definition) is 1. The van der Waals surface area contributed by atoms with Crippen LogP contribution in [0, 0.1) is 0 Å². The zero-order chi connectivity index (χ0) is 12.4. The van der Waals surface area contributed by atoms with Crippen molar-refractivity contribution in [1.29, 1.82) is 0 Å². The third-order valence-electron chi connectivity index (χ3n) is 3.37. The van der Waals surface area contributed by atoms with E-state index in [4.69, 9.17) is 10.4 Å². The molecule has 0 spiro atoms. The SMILES string of the molecule is NOCc1nc(C2CCCc3ccccc32)no1. The minimum absolute atomic E-state index is 0.154. The molecule has 1 atom stereocenters. The first-order chi connectivity index (χ1) is 8.88. The Labute approximate surface area is 105 Å². The van der Waals surface area contributed by atoms with Crippen LogP contribution in [0.1, 0.15) is 41.6 Å². The lowest BCUT2D eigenvalue weighted by molar-refractivity contribution is 0.0995. The van der Waals surface area contributed by atoms with E-state index in [0.29, 0.717) is 5.89 Å². The van der Waals surface area contributed by atoms with Gasteiger partial charge in [-0.25, -0.2) is 5.90 Å². The molecule has 1 aliphatic carbocycles. The first-order valence-corrected chi connectivity index (χ1v) is 6.10. The molecule has 5 nitrogen and oxygen atoms in total. The number of rotatable bonds is 3. The number of fused-ring (bicyclic) bond motifs is 1. The van der Waals surface area contributed by atoms with Gasteiger partial charge in [-0.05, 0) is 30.4 Å². The van der Waals surface area contributed by atoms with Gasteiger partial charge in [0.15, 0.2) is 5.82 Å². The van der Waals surface area contributed by atoms with Crippen LogP contribution in [-0.2, 0) is 17.9 Å². The molecule has 1 aliphatic rings. The fourth-order valence-electron chi connectivity index (χ4n) is 2.56. The topological polar surface area (TPSA) is 74.2 Å². The maximum absolute atomic E-state index is 5.11. The fourth-order valence-corrected chi connectivity index (χ4v) is 2.56. The summed E-state index contributed by atoms with van der Waals surface area (Å²) in [6.07, 6.45) is 3.34. The number of benzene rings is 1. The largest absolute Gasteiger partial charge is 0.337 e. The molecule has 5 heteroatoms. The highest BCUT2D eigenvalue weighted by molar-refractivity contribution is 5.35. The van der Waals surface area contributed by atoms with Crippen molar-refractivity contribution in [3.05, 3.63) is 47.1 Å². The number of nitrogens with two attached hydrogens (primary N) is 1. The standard InChI is InChI=1S/C13H15N3O2/c14-17-8-12-15-13(16-18-12)11-7-3-5-9-4-1-2-6-10(9)11/h1-2,4,6,11H,3,5,7-8,14H2. The molecule has 1 unspecified atom stereocenters. The van der Waals surface area contributed by atoms with Crippen LogP contribution >= 0.6 is 0 Å². The molecule has 0 radical (unpaired) electrons. The summed E-state index contributed by atoms with van der Waals surface area (Å²) in [6, 6.07) is 8.45. The highest BCUT2D eigenvalue weighted by Crippen LogP contribution is 2.34. The van der Waals surface area contributed by atoms with E-state index >= 15 is 0 Å². The number of aryl methyl sites for hydroxylation is 1. The Morgan fingerprint density at radius 3 is 3.17 bits per heavy atom. The zero-order valence-corrected chi connectivity index (χ0v) is 10.0. The van der Waals surface area contributed by atoms with E-state index in [9.17, 15) is 0 Å². The van der Waals surface area contributed by atoms with Crippen LogP contribution < -0.4 is 5.90 Å². The quantitative estimate of drug-likeness (QED) is 0.836. The van der Waals surface area contributed by atoms with Crippen LogP contribution in [0.2, 0.25) is 0 Å². The van der Waals surface area contributed by atoms with Gasteiger partial charge in [-0.2, -0.15) is 4.98 Å².